The molecule has 1 aliphatic carbocycles. The van der Waals surface area contributed by atoms with Crippen LogP contribution in [0.25, 0.3) is 0 Å². The Morgan fingerprint density at radius 3 is 2.28 bits per heavy atom. The van der Waals surface area contributed by atoms with Gasteiger partial charge in [0.15, 0.2) is 17.8 Å². The first-order valence-electron chi connectivity index (χ1n) is 6.16. The molecule has 2 rings (SSSR count). The number of hydrogen-bond acceptors (Lipinski definition) is 4. The van der Waals surface area contributed by atoms with Crippen molar-refractivity contribution in [1.29, 1.82) is 0 Å². The summed E-state index contributed by atoms with van der Waals surface area (Å²) < 4.78 is 10.7. The van der Waals surface area contributed by atoms with Crippen molar-refractivity contribution in [1.82, 2.24) is 0 Å². The van der Waals surface area contributed by atoms with Gasteiger partial charge in [0.25, 0.3) is 0 Å². The summed E-state index contributed by atoms with van der Waals surface area (Å²) >= 11 is 0. The molecule has 0 aromatic heterocycles. The molecule has 2 N–H and O–H groups in total. The topological polar surface area (TPSA) is 61.5 Å². The first kappa shape index (κ1) is 12.9. The van der Waals surface area contributed by atoms with E-state index < -0.39 is 0 Å². The highest BCUT2D eigenvalue weighted by Gasteiger charge is 2.35. The second-order valence-electron chi connectivity index (χ2n) is 4.75. The molecule has 0 spiro atoms. The summed E-state index contributed by atoms with van der Waals surface area (Å²) in [5.41, 5.74) is 7.51. The third-order valence-corrected chi connectivity index (χ3v) is 3.71. The lowest BCUT2D eigenvalue weighted by molar-refractivity contribution is 0.111. The number of aldehydes is 1. The maximum Gasteiger partial charge on any atom is 0.171 e. The van der Waals surface area contributed by atoms with Crippen LogP contribution in [-0.2, 0) is 5.54 Å². The van der Waals surface area contributed by atoms with Crippen molar-refractivity contribution >= 4 is 6.29 Å². The number of carbonyl (C=O) groups excluding carboxylic acids is 1. The van der Waals surface area contributed by atoms with Gasteiger partial charge in [-0.2, -0.15) is 0 Å². The van der Waals surface area contributed by atoms with Gasteiger partial charge in [0.05, 0.1) is 19.8 Å². The van der Waals surface area contributed by atoms with Gasteiger partial charge in [0.1, 0.15) is 0 Å². The van der Waals surface area contributed by atoms with Crippen LogP contribution in [0.5, 0.6) is 11.5 Å². The molecule has 1 aromatic carbocycles. The third-order valence-electron chi connectivity index (χ3n) is 3.71. The average molecular weight is 249 g/mol. The Morgan fingerprint density at radius 1 is 1.17 bits per heavy atom. The molecular formula is C14H19NO3. The van der Waals surface area contributed by atoms with Gasteiger partial charge in [-0.3, -0.25) is 4.79 Å². The van der Waals surface area contributed by atoms with Crippen molar-refractivity contribution in [3.8, 4) is 11.5 Å². The van der Waals surface area contributed by atoms with E-state index in [0.29, 0.717) is 17.1 Å². The lowest BCUT2D eigenvalue weighted by Crippen LogP contribution is -2.33. The van der Waals surface area contributed by atoms with Crippen molar-refractivity contribution in [2.24, 2.45) is 5.73 Å². The standard InChI is InChI=1S/C14H19NO3/c1-17-12-10(9-16)5-6-11(13(12)18-2)14(15)7-3-4-8-14/h5-6,9H,3-4,7-8,15H2,1-2H3. The van der Waals surface area contributed by atoms with Crippen LogP contribution >= 0.6 is 0 Å². The van der Waals surface area contributed by atoms with Crippen molar-refractivity contribution in [2.45, 2.75) is 31.2 Å². The Morgan fingerprint density at radius 2 is 1.78 bits per heavy atom. The lowest BCUT2D eigenvalue weighted by Gasteiger charge is -2.27. The summed E-state index contributed by atoms with van der Waals surface area (Å²) in [6.45, 7) is 0. The van der Waals surface area contributed by atoms with Gasteiger partial charge in [0, 0.05) is 11.1 Å². The molecule has 1 saturated carbocycles. The second-order valence-corrected chi connectivity index (χ2v) is 4.75. The molecule has 1 fully saturated rings. The van der Waals surface area contributed by atoms with Crippen molar-refractivity contribution in [3.05, 3.63) is 23.3 Å². The summed E-state index contributed by atoms with van der Waals surface area (Å²) in [4.78, 5) is 11.0. The molecule has 0 aliphatic heterocycles. The normalized spacial score (nSPS) is 17.5. The molecule has 0 saturated heterocycles. The molecule has 0 amide bonds. The smallest absolute Gasteiger partial charge is 0.171 e. The summed E-state index contributed by atoms with van der Waals surface area (Å²) in [5, 5.41) is 0. The quantitative estimate of drug-likeness (QED) is 0.831. The SMILES string of the molecule is COc1c(C=O)ccc(C2(N)CCCC2)c1OC. The minimum absolute atomic E-state index is 0.361. The molecule has 0 heterocycles. The molecule has 0 atom stereocenters. The van der Waals surface area contributed by atoms with Crippen LogP contribution < -0.4 is 15.2 Å². The van der Waals surface area contributed by atoms with E-state index in [2.05, 4.69) is 0 Å². The van der Waals surface area contributed by atoms with Gasteiger partial charge in [-0.25, -0.2) is 0 Å². The molecule has 1 aliphatic rings. The number of carbonyl (C=O) groups is 1. The number of benzene rings is 1. The highest BCUT2D eigenvalue weighted by atomic mass is 16.5. The van der Waals surface area contributed by atoms with E-state index in [9.17, 15) is 4.79 Å². The molecule has 0 bridgehead atoms. The van der Waals surface area contributed by atoms with Gasteiger partial charge >= 0.3 is 0 Å². The van der Waals surface area contributed by atoms with E-state index in [1.54, 1.807) is 13.2 Å². The van der Waals surface area contributed by atoms with Crippen LogP contribution in [0.1, 0.15) is 41.6 Å². The van der Waals surface area contributed by atoms with E-state index in [1.807, 2.05) is 6.07 Å². The monoisotopic (exact) mass is 249 g/mol. The van der Waals surface area contributed by atoms with Crippen LogP contribution in [0.2, 0.25) is 0 Å². The zero-order valence-electron chi connectivity index (χ0n) is 10.9. The maximum absolute atomic E-state index is 11.0. The first-order chi connectivity index (χ1) is 8.66. The number of hydrogen-bond donors (Lipinski definition) is 1. The summed E-state index contributed by atoms with van der Waals surface area (Å²) in [6.07, 6.45) is 4.89. The molecule has 4 nitrogen and oxygen atoms in total. The molecule has 4 heteroatoms. The highest BCUT2D eigenvalue weighted by Crippen LogP contribution is 2.45. The highest BCUT2D eigenvalue weighted by molar-refractivity contribution is 5.82. The number of ether oxygens (including phenoxy) is 2. The molecule has 18 heavy (non-hydrogen) atoms. The Balaban J connectivity index is 2.57. The molecule has 1 aromatic rings. The van der Waals surface area contributed by atoms with Crippen molar-refractivity contribution in [2.75, 3.05) is 14.2 Å². The Bertz CT molecular complexity index is 451. The van der Waals surface area contributed by atoms with Crippen molar-refractivity contribution in [3.63, 3.8) is 0 Å². The molecule has 0 radical (unpaired) electrons. The second kappa shape index (κ2) is 4.98. The first-order valence-corrected chi connectivity index (χ1v) is 6.16. The van der Waals surface area contributed by atoms with Gasteiger partial charge in [-0.1, -0.05) is 18.9 Å². The fraction of sp³-hybridized carbons (Fsp3) is 0.500. The Labute approximate surface area is 107 Å². The zero-order chi connectivity index (χ0) is 13.2. The van der Waals surface area contributed by atoms with E-state index >= 15 is 0 Å². The van der Waals surface area contributed by atoms with Gasteiger partial charge < -0.3 is 15.2 Å². The minimum Gasteiger partial charge on any atom is -0.492 e. The van der Waals surface area contributed by atoms with Gasteiger partial charge in [-0.05, 0) is 18.9 Å². The van der Waals surface area contributed by atoms with Crippen LogP contribution in [0.3, 0.4) is 0 Å². The predicted octanol–water partition coefficient (Wildman–Crippen LogP) is 2.24. The molecule has 0 unspecified atom stereocenters. The average Bonchev–Trinajstić information content (AvgIpc) is 2.84. The van der Waals surface area contributed by atoms with E-state index in [0.717, 1.165) is 37.5 Å². The van der Waals surface area contributed by atoms with E-state index in [1.165, 1.54) is 7.11 Å². The minimum atomic E-state index is -0.361. The number of methoxy groups -OCH3 is 2. The summed E-state index contributed by atoms with van der Waals surface area (Å²) in [6, 6.07) is 3.63. The Kier molecular flexibility index (Phi) is 3.57. The van der Waals surface area contributed by atoms with E-state index in [-0.39, 0.29) is 5.54 Å². The third kappa shape index (κ3) is 1.97. The van der Waals surface area contributed by atoms with Gasteiger partial charge in [-0.15, -0.1) is 0 Å². The molecule has 98 valence electrons. The lowest BCUT2D eigenvalue weighted by atomic mass is 9.87. The van der Waals surface area contributed by atoms with Crippen LogP contribution in [0.15, 0.2) is 12.1 Å². The summed E-state index contributed by atoms with van der Waals surface area (Å²) in [7, 11) is 3.11. The van der Waals surface area contributed by atoms with Crippen LogP contribution in [0.4, 0.5) is 0 Å². The fourth-order valence-corrected chi connectivity index (χ4v) is 2.75. The van der Waals surface area contributed by atoms with Crippen LogP contribution in [-0.4, -0.2) is 20.5 Å². The van der Waals surface area contributed by atoms with Crippen molar-refractivity contribution < 1.29 is 14.3 Å². The maximum atomic E-state index is 11.0. The Hall–Kier alpha value is -1.55. The van der Waals surface area contributed by atoms with Gasteiger partial charge in [0.2, 0.25) is 0 Å². The number of rotatable bonds is 4. The predicted molar refractivity (Wildman–Crippen MR) is 69.3 cm³/mol. The zero-order valence-corrected chi connectivity index (χ0v) is 10.9. The fourth-order valence-electron chi connectivity index (χ4n) is 2.75. The summed E-state index contributed by atoms with van der Waals surface area (Å²) in [5.74, 6) is 1.06. The molecular weight excluding hydrogens is 230 g/mol. The van der Waals surface area contributed by atoms with Crippen LogP contribution in [0, 0.1) is 0 Å². The number of nitrogens with two attached hydrogens (primary N) is 1. The van der Waals surface area contributed by atoms with E-state index in [4.69, 9.17) is 15.2 Å². The largest absolute Gasteiger partial charge is 0.492 e.